The van der Waals surface area contributed by atoms with Gasteiger partial charge in [0.15, 0.2) is 5.16 Å². The highest BCUT2D eigenvalue weighted by Gasteiger charge is 2.20. The van der Waals surface area contributed by atoms with Gasteiger partial charge in [0.2, 0.25) is 10.0 Å². The Hall–Kier alpha value is -1.84. The maximum absolute atomic E-state index is 12.4. The number of rotatable bonds is 8. The normalized spacial score (nSPS) is 12.3. The Kier molecular flexibility index (Phi) is 5.92. The molecule has 0 spiro atoms. The molecule has 2 aromatic heterocycles. The Balaban J connectivity index is 1.98. The number of hydrogen-bond donors (Lipinski definition) is 0. The summed E-state index contributed by atoms with van der Waals surface area (Å²) < 4.78 is 33.3. The van der Waals surface area contributed by atoms with Crippen LogP contribution in [0.15, 0.2) is 38.8 Å². The molecular weight excluding hydrogens is 384 g/mol. The second-order valence-corrected chi connectivity index (χ2v) is 9.65. The van der Waals surface area contributed by atoms with Crippen molar-refractivity contribution in [2.24, 2.45) is 0 Å². The number of thioether (sulfide) groups is 1. The molecule has 3 rings (SSSR count). The van der Waals surface area contributed by atoms with Gasteiger partial charge in [-0.1, -0.05) is 30.3 Å². The van der Waals surface area contributed by atoms with E-state index in [4.69, 9.17) is 9.51 Å². The number of fused-ring (bicyclic) bond motifs is 1. The summed E-state index contributed by atoms with van der Waals surface area (Å²) in [6.07, 6.45) is 2.10. The van der Waals surface area contributed by atoms with Crippen molar-refractivity contribution in [3.8, 4) is 0 Å². The van der Waals surface area contributed by atoms with Crippen LogP contribution in [0.2, 0.25) is 0 Å². The summed E-state index contributed by atoms with van der Waals surface area (Å²) in [5, 5.41) is 4.88. The summed E-state index contributed by atoms with van der Waals surface area (Å²) in [6, 6.07) is 7.06. The van der Waals surface area contributed by atoms with E-state index >= 15 is 0 Å². The number of aromatic nitrogens is 3. The van der Waals surface area contributed by atoms with Crippen molar-refractivity contribution in [3.63, 3.8) is 0 Å². The quantitative estimate of drug-likeness (QED) is 0.529. The van der Waals surface area contributed by atoms with Gasteiger partial charge in [-0.3, -0.25) is 0 Å². The first-order valence-corrected chi connectivity index (χ1v) is 11.2. The molecule has 27 heavy (non-hydrogen) atoms. The molecule has 0 fully saturated rings. The largest absolute Gasteiger partial charge is 0.361 e. The Morgan fingerprint density at radius 3 is 2.67 bits per heavy atom. The number of aryl methyl sites for hydroxylation is 2. The smallest absolute Gasteiger partial charge is 0.242 e. The van der Waals surface area contributed by atoms with Gasteiger partial charge in [-0.05, 0) is 31.5 Å². The number of nitrogens with zero attached hydrogens (tertiary/aromatic N) is 4. The predicted octanol–water partition coefficient (Wildman–Crippen LogP) is 3.68. The third-order valence-electron chi connectivity index (χ3n) is 4.22. The van der Waals surface area contributed by atoms with E-state index in [2.05, 4.69) is 16.6 Å². The van der Waals surface area contributed by atoms with Crippen LogP contribution in [0.25, 0.3) is 11.0 Å². The summed E-state index contributed by atoms with van der Waals surface area (Å²) in [6.45, 7) is 4.85. The Bertz CT molecular complexity index is 1040. The van der Waals surface area contributed by atoms with Gasteiger partial charge in [-0.25, -0.2) is 17.7 Å². The third kappa shape index (κ3) is 4.20. The molecule has 0 amide bonds. The summed E-state index contributed by atoms with van der Waals surface area (Å²) in [5.41, 5.74) is 2.50. The Labute approximate surface area is 163 Å². The van der Waals surface area contributed by atoms with Crippen LogP contribution in [0.4, 0.5) is 0 Å². The van der Waals surface area contributed by atoms with Crippen molar-refractivity contribution < 1.29 is 12.9 Å². The fourth-order valence-corrected chi connectivity index (χ4v) is 4.57. The lowest BCUT2D eigenvalue weighted by Gasteiger charge is -2.11. The average Bonchev–Trinajstić information content (AvgIpc) is 3.20. The van der Waals surface area contributed by atoms with Gasteiger partial charge in [0.1, 0.15) is 5.76 Å². The van der Waals surface area contributed by atoms with E-state index in [-0.39, 0.29) is 4.90 Å². The second kappa shape index (κ2) is 8.04. The van der Waals surface area contributed by atoms with Crippen LogP contribution in [0.1, 0.15) is 31.2 Å². The minimum atomic E-state index is -3.49. The third-order valence-corrected chi connectivity index (χ3v) is 7.05. The van der Waals surface area contributed by atoms with Gasteiger partial charge < -0.3 is 9.09 Å². The summed E-state index contributed by atoms with van der Waals surface area (Å²) in [7, 11) is -0.430. The van der Waals surface area contributed by atoms with Crippen LogP contribution in [0.5, 0.6) is 0 Å². The van der Waals surface area contributed by atoms with Crippen molar-refractivity contribution in [2.75, 3.05) is 14.1 Å². The minimum absolute atomic E-state index is 0.254. The second-order valence-electron chi connectivity index (χ2n) is 6.56. The summed E-state index contributed by atoms with van der Waals surface area (Å²) in [5.74, 6) is 1.43. The van der Waals surface area contributed by atoms with E-state index < -0.39 is 10.0 Å². The highest BCUT2D eigenvalue weighted by molar-refractivity contribution is 7.98. The molecule has 0 atom stereocenters. The molecule has 3 aromatic rings. The number of unbranched alkanes of at least 4 members (excludes halogenated alkanes) is 1. The first-order chi connectivity index (χ1) is 12.8. The van der Waals surface area contributed by atoms with Crippen molar-refractivity contribution >= 4 is 32.8 Å². The van der Waals surface area contributed by atoms with Crippen LogP contribution in [0, 0.1) is 6.92 Å². The van der Waals surface area contributed by atoms with Gasteiger partial charge in [-0.15, -0.1) is 0 Å². The Morgan fingerprint density at radius 2 is 2.04 bits per heavy atom. The highest BCUT2D eigenvalue weighted by atomic mass is 32.2. The van der Waals surface area contributed by atoms with Crippen molar-refractivity contribution in [1.82, 2.24) is 19.0 Å². The van der Waals surface area contributed by atoms with Crippen LogP contribution in [-0.4, -0.2) is 41.5 Å². The number of imidazole rings is 1. The van der Waals surface area contributed by atoms with Crippen LogP contribution >= 0.6 is 11.8 Å². The van der Waals surface area contributed by atoms with E-state index in [9.17, 15) is 8.42 Å². The zero-order chi connectivity index (χ0) is 19.6. The topological polar surface area (TPSA) is 81.2 Å². The van der Waals surface area contributed by atoms with E-state index in [1.54, 1.807) is 23.9 Å². The fourth-order valence-electron chi connectivity index (χ4n) is 2.73. The molecule has 0 aliphatic rings. The molecule has 146 valence electrons. The number of sulfonamides is 1. The van der Waals surface area contributed by atoms with E-state index in [0.29, 0.717) is 11.3 Å². The van der Waals surface area contributed by atoms with Gasteiger partial charge in [0.25, 0.3) is 0 Å². The fraction of sp³-hybridized carbons (Fsp3) is 0.444. The molecule has 0 unspecified atom stereocenters. The molecule has 2 heterocycles. The molecular formula is C18H24N4O3S2. The lowest BCUT2D eigenvalue weighted by Crippen LogP contribution is -2.22. The molecule has 0 saturated carbocycles. The lowest BCUT2D eigenvalue weighted by atomic mass is 10.3. The molecule has 0 N–H and O–H groups in total. The first-order valence-electron chi connectivity index (χ1n) is 8.80. The van der Waals surface area contributed by atoms with Crippen LogP contribution in [-0.2, 0) is 22.3 Å². The minimum Gasteiger partial charge on any atom is -0.361 e. The monoisotopic (exact) mass is 408 g/mol. The molecule has 0 bridgehead atoms. The zero-order valence-electron chi connectivity index (χ0n) is 16.0. The number of hydrogen-bond acceptors (Lipinski definition) is 6. The highest BCUT2D eigenvalue weighted by Crippen LogP contribution is 2.29. The van der Waals surface area contributed by atoms with Gasteiger partial charge in [0, 0.05) is 32.5 Å². The molecule has 0 aliphatic carbocycles. The van der Waals surface area contributed by atoms with E-state index in [1.165, 1.54) is 18.4 Å². The lowest BCUT2D eigenvalue weighted by molar-refractivity contribution is 0.393. The van der Waals surface area contributed by atoms with Crippen LogP contribution < -0.4 is 0 Å². The van der Waals surface area contributed by atoms with E-state index in [0.717, 1.165) is 41.5 Å². The molecule has 0 radical (unpaired) electrons. The van der Waals surface area contributed by atoms with Crippen molar-refractivity contribution in [1.29, 1.82) is 0 Å². The molecule has 0 aliphatic heterocycles. The number of benzene rings is 1. The summed E-state index contributed by atoms with van der Waals surface area (Å²) >= 11 is 1.58. The SMILES string of the molecule is CCCCn1c(SCc2cc(C)on2)nc2cc(S(=O)(=O)N(C)C)ccc21. The van der Waals surface area contributed by atoms with Crippen molar-refractivity contribution in [2.45, 2.75) is 49.0 Å². The average molecular weight is 409 g/mol. The van der Waals surface area contributed by atoms with Crippen LogP contribution in [0.3, 0.4) is 0 Å². The molecule has 7 nitrogen and oxygen atoms in total. The predicted molar refractivity (Wildman–Crippen MR) is 106 cm³/mol. The van der Waals surface area contributed by atoms with Gasteiger partial charge in [-0.2, -0.15) is 0 Å². The van der Waals surface area contributed by atoms with Crippen molar-refractivity contribution in [3.05, 3.63) is 35.7 Å². The van der Waals surface area contributed by atoms with Gasteiger partial charge >= 0.3 is 0 Å². The molecule has 1 aromatic carbocycles. The standard InChI is InChI=1S/C18H24N4O3S2/c1-5-6-9-22-17-8-7-15(27(23,24)21(3)4)11-16(17)19-18(22)26-12-14-10-13(2)25-20-14/h7-8,10-11H,5-6,9,12H2,1-4H3. The summed E-state index contributed by atoms with van der Waals surface area (Å²) in [4.78, 5) is 4.96. The maximum atomic E-state index is 12.4. The molecule has 9 heteroatoms. The molecule has 0 saturated heterocycles. The first kappa shape index (κ1) is 19.9. The maximum Gasteiger partial charge on any atom is 0.242 e. The van der Waals surface area contributed by atoms with Gasteiger partial charge in [0.05, 0.1) is 21.6 Å². The zero-order valence-corrected chi connectivity index (χ0v) is 17.6. The van der Waals surface area contributed by atoms with E-state index in [1.807, 2.05) is 19.1 Å². The Morgan fingerprint density at radius 1 is 1.26 bits per heavy atom.